The van der Waals surface area contributed by atoms with Crippen molar-refractivity contribution in [3.05, 3.63) is 29.3 Å². The van der Waals surface area contributed by atoms with Crippen molar-refractivity contribution in [2.24, 2.45) is 10.7 Å². The van der Waals surface area contributed by atoms with Crippen molar-refractivity contribution in [3.63, 3.8) is 0 Å². The van der Waals surface area contributed by atoms with E-state index in [1.165, 1.54) is 0 Å². The van der Waals surface area contributed by atoms with Gasteiger partial charge in [-0.2, -0.15) is 0 Å². The third-order valence-corrected chi connectivity index (χ3v) is 1.78. The molecular weight excluding hydrogens is 200 g/mol. The van der Waals surface area contributed by atoms with Gasteiger partial charge in [-0.25, -0.2) is 4.99 Å². The Hall–Kier alpha value is -1.26. The van der Waals surface area contributed by atoms with Crippen LogP contribution in [0.4, 0.5) is 5.69 Å². The predicted molar refractivity (Wildman–Crippen MR) is 60.6 cm³/mol. The van der Waals surface area contributed by atoms with Gasteiger partial charge in [-0.05, 0) is 31.3 Å². The molecule has 14 heavy (non-hydrogen) atoms. The highest BCUT2D eigenvalue weighted by molar-refractivity contribution is 6.30. The van der Waals surface area contributed by atoms with Gasteiger partial charge in [0.1, 0.15) is 0 Å². The van der Waals surface area contributed by atoms with Crippen LogP contribution in [0.3, 0.4) is 0 Å². The van der Waals surface area contributed by atoms with Crippen LogP contribution in [0.1, 0.15) is 0 Å². The van der Waals surface area contributed by atoms with Gasteiger partial charge in [0.15, 0.2) is 5.96 Å². The zero-order valence-corrected chi connectivity index (χ0v) is 8.67. The van der Waals surface area contributed by atoms with Gasteiger partial charge in [0.05, 0.1) is 6.67 Å². The molecule has 4 N–H and O–H groups in total. The quantitative estimate of drug-likeness (QED) is 0.522. The number of hydrogen-bond donors (Lipinski definition) is 3. The van der Waals surface area contributed by atoms with Gasteiger partial charge in [0, 0.05) is 10.7 Å². The Morgan fingerprint density at radius 3 is 2.64 bits per heavy atom. The van der Waals surface area contributed by atoms with E-state index in [0.29, 0.717) is 17.7 Å². The van der Waals surface area contributed by atoms with Gasteiger partial charge in [-0.15, -0.1) is 0 Å². The minimum Gasteiger partial charge on any atom is -0.370 e. The molecule has 0 atom stereocenters. The molecule has 0 heterocycles. The van der Waals surface area contributed by atoms with Crippen molar-refractivity contribution >= 4 is 23.2 Å². The lowest BCUT2D eigenvalue weighted by molar-refractivity contribution is 0.833. The molecule has 0 saturated carbocycles. The normalized spacial score (nSPS) is 11.4. The van der Waals surface area contributed by atoms with Gasteiger partial charge in [-0.1, -0.05) is 11.6 Å². The molecule has 0 unspecified atom stereocenters. The Kier molecular flexibility index (Phi) is 4.22. The summed E-state index contributed by atoms with van der Waals surface area (Å²) in [5.74, 6) is 0.377. The molecule has 0 aliphatic carbocycles. The van der Waals surface area contributed by atoms with E-state index in [4.69, 9.17) is 17.3 Å². The summed E-state index contributed by atoms with van der Waals surface area (Å²) in [7, 11) is 1.80. The molecule has 0 aromatic heterocycles. The van der Waals surface area contributed by atoms with Crippen LogP contribution in [-0.4, -0.2) is 19.7 Å². The lowest BCUT2D eigenvalue weighted by Crippen LogP contribution is -2.24. The van der Waals surface area contributed by atoms with E-state index in [2.05, 4.69) is 15.6 Å². The zero-order chi connectivity index (χ0) is 10.4. The standard InChI is InChI=1S/C9H13ClN4/c1-12-6-13-9(11)14-8-4-2-7(10)3-5-8/h2-5,12H,6H2,1H3,(H3,11,13,14). The van der Waals surface area contributed by atoms with Crippen LogP contribution in [0.15, 0.2) is 29.3 Å². The summed E-state index contributed by atoms with van der Waals surface area (Å²) in [5.41, 5.74) is 6.46. The number of rotatable bonds is 3. The Morgan fingerprint density at radius 1 is 1.43 bits per heavy atom. The molecule has 0 bridgehead atoms. The fourth-order valence-corrected chi connectivity index (χ4v) is 1.01. The highest BCUT2D eigenvalue weighted by atomic mass is 35.5. The van der Waals surface area contributed by atoms with Crippen LogP contribution in [0, 0.1) is 0 Å². The number of nitrogens with one attached hydrogen (secondary N) is 2. The zero-order valence-electron chi connectivity index (χ0n) is 7.92. The third kappa shape index (κ3) is 3.64. The lowest BCUT2D eigenvalue weighted by atomic mass is 10.3. The Labute approximate surface area is 88.2 Å². The molecule has 4 nitrogen and oxygen atoms in total. The number of guanidine groups is 1. The van der Waals surface area contributed by atoms with Crippen molar-refractivity contribution in [3.8, 4) is 0 Å². The highest BCUT2D eigenvalue weighted by Gasteiger charge is 1.93. The van der Waals surface area contributed by atoms with E-state index in [1.54, 1.807) is 19.2 Å². The van der Waals surface area contributed by atoms with Crippen LogP contribution >= 0.6 is 11.6 Å². The first kappa shape index (κ1) is 10.8. The minimum atomic E-state index is 0.377. The number of nitrogens with two attached hydrogens (primary N) is 1. The SMILES string of the molecule is CNCN=C(N)Nc1ccc(Cl)cc1. The first-order chi connectivity index (χ1) is 6.72. The highest BCUT2D eigenvalue weighted by Crippen LogP contribution is 2.12. The second-order valence-electron chi connectivity index (χ2n) is 2.69. The average molecular weight is 213 g/mol. The molecule has 0 saturated heterocycles. The molecule has 0 aliphatic heterocycles. The molecule has 76 valence electrons. The van der Waals surface area contributed by atoms with Crippen molar-refractivity contribution in [2.45, 2.75) is 0 Å². The third-order valence-electron chi connectivity index (χ3n) is 1.52. The summed E-state index contributed by atoms with van der Waals surface area (Å²) in [6, 6.07) is 7.25. The van der Waals surface area contributed by atoms with Crippen molar-refractivity contribution in [1.82, 2.24) is 5.32 Å². The first-order valence-corrected chi connectivity index (χ1v) is 4.57. The average Bonchev–Trinajstić information content (AvgIpc) is 2.18. The molecule has 1 aromatic rings. The van der Waals surface area contributed by atoms with Crippen LogP contribution in [0.2, 0.25) is 5.02 Å². The van der Waals surface area contributed by atoms with Crippen LogP contribution < -0.4 is 16.4 Å². The van der Waals surface area contributed by atoms with E-state index in [9.17, 15) is 0 Å². The van der Waals surface area contributed by atoms with E-state index >= 15 is 0 Å². The molecular formula is C9H13ClN4. The largest absolute Gasteiger partial charge is 0.370 e. The summed E-state index contributed by atoms with van der Waals surface area (Å²) in [6.45, 7) is 0.492. The summed E-state index contributed by atoms with van der Waals surface area (Å²) < 4.78 is 0. The van der Waals surface area contributed by atoms with E-state index in [1.807, 2.05) is 12.1 Å². The number of hydrogen-bond acceptors (Lipinski definition) is 2. The molecule has 0 spiro atoms. The van der Waals surface area contributed by atoms with E-state index in [0.717, 1.165) is 5.69 Å². The van der Waals surface area contributed by atoms with Gasteiger partial charge in [0.25, 0.3) is 0 Å². The fourth-order valence-electron chi connectivity index (χ4n) is 0.885. The summed E-state index contributed by atoms with van der Waals surface area (Å²) >= 11 is 5.73. The van der Waals surface area contributed by atoms with Crippen LogP contribution in [0.25, 0.3) is 0 Å². The summed E-state index contributed by atoms with van der Waals surface area (Å²) in [6.07, 6.45) is 0. The molecule has 0 radical (unpaired) electrons. The van der Waals surface area contributed by atoms with Crippen molar-refractivity contribution in [1.29, 1.82) is 0 Å². The number of aliphatic imine (C=N–C) groups is 1. The second kappa shape index (κ2) is 5.47. The lowest BCUT2D eigenvalue weighted by Gasteiger charge is -2.04. The summed E-state index contributed by atoms with van der Waals surface area (Å²) in [5, 5.41) is 6.49. The maximum atomic E-state index is 5.73. The predicted octanol–water partition coefficient (Wildman–Crippen LogP) is 1.24. The second-order valence-corrected chi connectivity index (χ2v) is 3.12. The minimum absolute atomic E-state index is 0.377. The Morgan fingerprint density at radius 2 is 2.07 bits per heavy atom. The monoisotopic (exact) mass is 212 g/mol. The fraction of sp³-hybridized carbons (Fsp3) is 0.222. The molecule has 1 aromatic carbocycles. The Balaban J connectivity index is 2.56. The van der Waals surface area contributed by atoms with Crippen LogP contribution in [0.5, 0.6) is 0 Å². The van der Waals surface area contributed by atoms with Gasteiger partial charge < -0.3 is 16.4 Å². The number of anilines is 1. The first-order valence-electron chi connectivity index (χ1n) is 4.19. The maximum absolute atomic E-state index is 5.73. The smallest absolute Gasteiger partial charge is 0.194 e. The molecule has 0 amide bonds. The van der Waals surface area contributed by atoms with Gasteiger partial charge >= 0.3 is 0 Å². The summed E-state index contributed by atoms with van der Waals surface area (Å²) in [4.78, 5) is 4.00. The topological polar surface area (TPSA) is 62.4 Å². The van der Waals surface area contributed by atoms with E-state index < -0.39 is 0 Å². The Bertz CT molecular complexity index is 307. The van der Waals surface area contributed by atoms with E-state index in [-0.39, 0.29) is 0 Å². The van der Waals surface area contributed by atoms with Gasteiger partial charge in [-0.3, -0.25) is 0 Å². The molecule has 0 aliphatic rings. The molecule has 5 heteroatoms. The van der Waals surface area contributed by atoms with Gasteiger partial charge in [0.2, 0.25) is 0 Å². The number of benzene rings is 1. The van der Waals surface area contributed by atoms with Crippen molar-refractivity contribution in [2.75, 3.05) is 19.0 Å². The molecule has 1 rings (SSSR count). The number of halogens is 1. The van der Waals surface area contributed by atoms with Crippen molar-refractivity contribution < 1.29 is 0 Å². The van der Waals surface area contributed by atoms with Crippen LogP contribution in [-0.2, 0) is 0 Å². The molecule has 0 fully saturated rings. The maximum Gasteiger partial charge on any atom is 0.194 e. The number of nitrogens with zero attached hydrogens (tertiary/aromatic N) is 1.